The van der Waals surface area contributed by atoms with Crippen LogP contribution in [0.15, 0.2) is 42.5 Å². The molecular weight excluding hydrogens is 222 g/mol. The highest BCUT2D eigenvalue weighted by molar-refractivity contribution is 6.27. The first kappa shape index (κ1) is 11.0. The number of halogens is 1. The van der Waals surface area contributed by atoms with Crippen LogP contribution in [0.3, 0.4) is 0 Å². The second kappa shape index (κ2) is 4.99. The van der Waals surface area contributed by atoms with E-state index in [1.54, 1.807) is 0 Å². The lowest BCUT2D eigenvalue weighted by molar-refractivity contribution is -0.118. The summed E-state index contributed by atoms with van der Waals surface area (Å²) in [6.45, 7) is 0.521. The van der Waals surface area contributed by atoms with Gasteiger partial charge in [0, 0.05) is 6.54 Å². The summed E-state index contributed by atoms with van der Waals surface area (Å²) in [5, 5.41) is 5.12. The van der Waals surface area contributed by atoms with Crippen LogP contribution in [0, 0.1) is 0 Å². The molecule has 0 unspecified atom stereocenters. The minimum atomic E-state index is -0.144. The molecule has 16 heavy (non-hydrogen) atoms. The molecule has 2 aromatic carbocycles. The third-order valence-corrected chi connectivity index (χ3v) is 2.72. The third-order valence-electron chi connectivity index (χ3n) is 2.48. The van der Waals surface area contributed by atoms with Crippen molar-refractivity contribution in [1.29, 1.82) is 0 Å². The summed E-state index contributed by atoms with van der Waals surface area (Å²) < 4.78 is 0. The van der Waals surface area contributed by atoms with E-state index in [4.69, 9.17) is 11.6 Å². The third kappa shape index (κ3) is 2.34. The molecule has 0 fully saturated rings. The molecule has 2 aromatic rings. The Balaban J connectivity index is 2.27. The normalized spacial score (nSPS) is 10.3. The van der Waals surface area contributed by atoms with Crippen LogP contribution in [-0.4, -0.2) is 11.8 Å². The molecule has 2 nitrogen and oxygen atoms in total. The van der Waals surface area contributed by atoms with Crippen LogP contribution < -0.4 is 5.32 Å². The summed E-state index contributed by atoms with van der Waals surface area (Å²) in [5.41, 5.74) is 1.11. The Bertz CT molecular complexity index is 505. The molecule has 1 N–H and O–H groups in total. The Kier molecular flexibility index (Phi) is 3.42. The zero-order valence-corrected chi connectivity index (χ0v) is 9.50. The van der Waals surface area contributed by atoms with Gasteiger partial charge in [-0.25, -0.2) is 0 Å². The van der Waals surface area contributed by atoms with Gasteiger partial charge in [-0.2, -0.15) is 0 Å². The fourth-order valence-corrected chi connectivity index (χ4v) is 1.78. The van der Waals surface area contributed by atoms with Crippen LogP contribution in [0.5, 0.6) is 0 Å². The molecular formula is C13H12ClNO. The molecule has 0 radical (unpaired) electrons. The number of amides is 1. The van der Waals surface area contributed by atoms with Gasteiger partial charge in [0.1, 0.15) is 5.88 Å². The first-order valence-electron chi connectivity index (χ1n) is 5.10. The molecule has 0 atom stereocenters. The first-order chi connectivity index (χ1) is 7.81. The summed E-state index contributed by atoms with van der Waals surface area (Å²) >= 11 is 5.42. The fourth-order valence-electron chi connectivity index (χ4n) is 1.69. The lowest BCUT2D eigenvalue weighted by atomic mass is 10.0. The van der Waals surface area contributed by atoms with E-state index in [1.807, 2.05) is 24.3 Å². The van der Waals surface area contributed by atoms with Gasteiger partial charge in [-0.15, -0.1) is 11.6 Å². The smallest absolute Gasteiger partial charge is 0.235 e. The minimum Gasteiger partial charge on any atom is -0.351 e. The van der Waals surface area contributed by atoms with Gasteiger partial charge in [0.2, 0.25) is 5.91 Å². The molecule has 0 bridgehead atoms. The number of hydrogen-bond acceptors (Lipinski definition) is 1. The molecule has 2 rings (SSSR count). The second-order valence-electron chi connectivity index (χ2n) is 3.55. The predicted octanol–water partition coefficient (Wildman–Crippen LogP) is 2.69. The van der Waals surface area contributed by atoms with Gasteiger partial charge in [-0.3, -0.25) is 4.79 Å². The maximum atomic E-state index is 11.1. The molecule has 0 saturated heterocycles. The van der Waals surface area contributed by atoms with Crippen molar-refractivity contribution in [2.45, 2.75) is 6.54 Å². The van der Waals surface area contributed by atoms with Gasteiger partial charge < -0.3 is 5.32 Å². The molecule has 82 valence electrons. The number of carbonyl (C=O) groups excluding carboxylic acids is 1. The number of rotatable bonds is 3. The van der Waals surface area contributed by atoms with E-state index < -0.39 is 0 Å². The Morgan fingerprint density at radius 1 is 1.12 bits per heavy atom. The van der Waals surface area contributed by atoms with E-state index >= 15 is 0 Å². The summed E-state index contributed by atoms with van der Waals surface area (Å²) in [6.07, 6.45) is 0. The van der Waals surface area contributed by atoms with Crippen molar-refractivity contribution >= 4 is 28.3 Å². The van der Waals surface area contributed by atoms with Crippen LogP contribution in [0.1, 0.15) is 5.56 Å². The van der Waals surface area contributed by atoms with Gasteiger partial charge in [0.25, 0.3) is 0 Å². The highest BCUT2D eigenvalue weighted by atomic mass is 35.5. The number of alkyl halides is 1. The van der Waals surface area contributed by atoms with Crippen molar-refractivity contribution in [2.75, 3.05) is 5.88 Å². The first-order valence-corrected chi connectivity index (χ1v) is 5.64. The summed E-state index contributed by atoms with van der Waals surface area (Å²) in [7, 11) is 0. The topological polar surface area (TPSA) is 29.1 Å². The van der Waals surface area contributed by atoms with Gasteiger partial charge >= 0.3 is 0 Å². The monoisotopic (exact) mass is 233 g/mol. The molecule has 0 spiro atoms. The van der Waals surface area contributed by atoms with E-state index in [-0.39, 0.29) is 11.8 Å². The Morgan fingerprint density at radius 2 is 1.88 bits per heavy atom. The van der Waals surface area contributed by atoms with Crippen molar-refractivity contribution in [1.82, 2.24) is 5.32 Å². The van der Waals surface area contributed by atoms with Gasteiger partial charge in [0.05, 0.1) is 0 Å². The number of carbonyl (C=O) groups is 1. The maximum absolute atomic E-state index is 11.1. The largest absolute Gasteiger partial charge is 0.351 e. The average molecular weight is 234 g/mol. The summed E-state index contributed by atoms with van der Waals surface area (Å²) in [6, 6.07) is 14.2. The molecule has 0 aliphatic rings. The van der Waals surface area contributed by atoms with Crippen LogP contribution in [-0.2, 0) is 11.3 Å². The molecule has 1 amide bonds. The molecule has 0 aromatic heterocycles. The zero-order chi connectivity index (χ0) is 11.4. The Morgan fingerprint density at radius 3 is 2.69 bits per heavy atom. The highest BCUT2D eigenvalue weighted by Gasteiger charge is 2.02. The van der Waals surface area contributed by atoms with E-state index in [2.05, 4.69) is 23.5 Å². The van der Waals surface area contributed by atoms with Crippen molar-refractivity contribution in [3.05, 3.63) is 48.0 Å². The van der Waals surface area contributed by atoms with Crippen molar-refractivity contribution < 1.29 is 4.79 Å². The number of hydrogen-bond donors (Lipinski definition) is 1. The molecule has 3 heteroatoms. The van der Waals surface area contributed by atoms with Crippen LogP contribution in [0.4, 0.5) is 0 Å². The standard InChI is InChI=1S/C13H12ClNO/c14-8-13(16)15-9-11-6-3-5-10-4-1-2-7-12(10)11/h1-7H,8-9H2,(H,15,16). The van der Waals surface area contributed by atoms with Gasteiger partial charge in [-0.05, 0) is 16.3 Å². The zero-order valence-electron chi connectivity index (χ0n) is 8.74. The van der Waals surface area contributed by atoms with E-state index in [0.29, 0.717) is 6.54 Å². The van der Waals surface area contributed by atoms with Crippen molar-refractivity contribution in [2.24, 2.45) is 0 Å². The summed E-state index contributed by atoms with van der Waals surface area (Å²) in [5.74, 6) is -0.139. The van der Waals surface area contributed by atoms with Gasteiger partial charge in [0.15, 0.2) is 0 Å². The SMILES string of the molecule is O=C(CCl)NCc1cccc2ccccc12. The van der Waals surface area contributed by atoms with Crippen LogP contribution in [0.2, 0.25) is 0 Å². The molecule has 0 saturated carbocycles. The van der Waals surface area contributed by atoms with E-state index in [9.17, 15) is 4.79 Å². The van der Waals surface area contributed by atoms with Crippen molar-refractivity contribution in [3.8, 4) is 0 Å². The Labute approximate surface area is 99.2 Å². The lowest BCUT2D eigenvalue weighted by Gasteiger charge is -2.07. The van der Waals surface area contributed by atoms with Gasteiger partial charge in [-0.1, -0.05) is 42.5 Å². The molecule has 0 heterocycles. The van der Waals surface area contributed by atoms with E-state index in [1.165, 1.54) is 10.8 Å². The number of benzene rings is 2. The maximum Gasteiger partial charge on any atom is 0.235 e. The van der Waals surface area contributed by atoms with E-state index in [0.717, 1.165) is 5.56 Å². The lowest BCUT2D eigenvalue weighted by Crippen LogP contribution is -2.23. The van der Waals surface area contributed by atoms with Crippen LogP contribution >= 0.6 is 11.6 Å². The number of fused-ring (bicyclic) bond motifs is 1. The quantitative estimate of drug-likeness (QED) is 0.812. The van der Waals surface area contributed by atoms with Crippen LogP contribution in [0.25, 0.3) is 10.8 Å². The molecule has 0 aliphatic carbocycles. The Hall–Kier alpha value is -1.54. The minimum absolute atomic E-state index is 0.00473. The fraction of sp³-hybridized carbons (Fsp3) is 0.154. The number of nitrogens with one attached hydrogen (secondary N) is 1. The van der Waals surface area contributed by atoms with Crippen molar-refractivity contribution in [3.63, 3.8) is 0 Å². The second-order valence-corrected chi connectivity index (χ2v) is 3.82. The summed E-state index contributed by atoms with van der Waals surface area (Å²) in [4.78, 5) is 11.1. The molecule has 0 aliphatic heterocycles. The predicted molar refractivity (Wildman–Crippen MR) is 66.5 cm³/mol. The highest BCUT2D eigenvalue weighted by Crippen LogP contribution is 2.18. The average Bonchev–Trinajstić information content (AvgIpc) is 2.35.